The van der Waals surface area contributed by atoms with Gasteiger partial charge in [0.1, 0.15) is 0 Å². The van der Waals surface area contributed by atoms with E-state index in [1.807, 2.05) is 55.5 Å². The van der Waals surface area contributed by atoms with Crippen LogP contribution in [0.2, 0.25) is 0 Å². The van der Waals surface area contributed by atoms with E-state index in [4.69, 9.17) is 0 Å². The van der Waals surface area contributed by atoms with Crippen molar-refractivity contribution in [3.8, 4) is 0 Å². The molecule has 0 fully saturated rings. The third kappa shape index (κ3) is 3.92. The Morgan fingerprint density at radius 3 is 2.52 bits per heavy atom. The molecule has 2 amide bonds. The Morgan fingerprint density at radius 1 is 1.00 bits per heavy atom. The molecule has 2 atom stereocenters. The normalized spacial score (nSPS) is 16.3. The van der Waals surface area contributed by atoms with Crippen molar-refractivity contribution in [2.24, 2.45) is 0 Å². The minimum atomic E-state index is -0.294. The summed E-state index contributed by atoms with van der Waals surface area (Å²) in [5.74, 6) is -0.150. The van der Waals surface area contributed by atoms with Gasteiger partial charge in [-0.05, 0) is 46.5 Å². The summed E-state index contributed by atoms with van der Waals surface area (Å²) in [6.45, 7) is 3.51. The number of nitrogens with zero attached hydrogens (tertiary/aromatic N) is 1. The van der Waals surface area contributed by atoms with Crippen LogP contribution in [0.15, 0.2) is 72.9 Å². The summed E-state index contributed by atoms with van der Waals surface area (Å²) in [4.78, 5) is 26.6. The maximum atomic E-state index is 12.9. The Balaban J connectivity index is 1.51. The summed E-state index contributed by atoms with van der Waals surface area (Å²) in [7, 11) is 0. The third-order valence-electron chi connectivity index (χ3n) is 5.50. The molecule has 4 nitrogen and oxygen atoms in total. The summed E-state index contributed by atoms with van der Waals surface area (Å²) >= 11 is 0. The molecule has 146 valence electrons. The van der Waals surface area contributed by atoms with Crippen molar-refractivity contribution in [1.29, 1.82) is 0 Å². The zero-order valence-corrected chi connectivity index (χ0v) is 16.6. The molecule has 0 aromatic heterocycles. The van der Waals surface area contributed by atoms with Crippen LogP contribution < -0.4 is 5.32 Å². The number of rotatable bonds is 4. The van der Waals surface area contributed by atoms with Crippen LogP contribution in [0.25, 0.3) is 16.8 Å². The lowest BCUT2D eigenvalue weighted by Gasteiger charge is -2.32. The van der Waals surface area contributed by atoms with Crippen molar-refractivity contribution >= 4 is 28.7 Å². The Morgan fingerprint density at radius 2 is 1.72 bits per heavy atom. The summed E-state index contributed by atoms with van der Waals surface area (Å²) in [6.07, 6.45) is 3.91. The quantitative estimate of drug-likeness (QED) is 0.690. The Kier molecular flexibility index (Phi) is 5.17. The van der Waals surface area contributed by atoms with Crippen LogP contribution in [-0.4, -0.2) is 16.7 Å². The molecule has 2 unspecified atom stereocenters. The maximum absolute atomic E-state index is 12.9. The van der Waals surface area contributed by atoms with Crippen LogP contribution in [0.1, 0.15) is 49.0 Å². The topological polar surface area (TPSA) is 49.4 Å². The van der Waals surface area contributed by atoms with E-state index in [1.54, 1.807) is 11.1 Å². The van der Waals surface area contributed by atoms with Crippen molar-refractivity contribution < 1.29 is 9.59 Å². The van der Waals surface area contributed by atoms with Gasteiger partial charge in [-0.1, -0.05) is 60.7 Å². The molecule has 0 bridgehead atoms. The van der Waals surface area contributed by atoms with Crippen LogP contribution in [0, 0.1) is 0 Å². The monoisotopic (exact) mass is 384 g/mol. The molecule has 1 N–H and O–H groups in total. The maximum Gasteiger partial charge on any atom is 0.223 e. The Hall–Kier alpha value is -3.40. The van der Waals surface area contributed by atoms with E-state index in [0.29, 0.717) is 0 Å². The van der Waals surface area contributed by atoms with Crippen molar-refractivity contribution in [3.63, 3.8) is 0 Å². The molecule has 0 aliphatic carbocycles. The Labute approximate surface area is 170 Å². The standard InChI is InChI=1S/C25H24N2O2/c1-17(21-12-11-19-7-3-4-9-22(19)15-21)26-25(29)16-24-23-10-6-5-8-20(23)13-14-27(24)18(2)28/h3-15,17,24H,16H2,1-2H3,(H,26,29). The lowest BCUT2D eigenvalue weighted by atomic mass is 9.93. The molecule has 1 heterocycles. The predicted molar refractivity (Wildman–Crippen MR) is 116 cm³/mol. The fourth-order valence-electron chi connectivity index (χ4n) is 3.95. The second-order valence-electron chi connectivity index (χ2n) is 7.49. The molecule has 3 aromatic carbocycles. The Bertz CT molecular complexity index is 1100. The molecule has 0 radical (unpaired) electrons. The van der Waals surface area contributed by atoms with Crippen molar-refractivity contribution in [2.75, 3.05) is 0 Å². The van der Waals surface area contributed by atoms with E-state index in [0.717, 1.165) is 22.1 Å². The van der Waals surface area contributed by atoms with Crippen LogP contribution in [-0.2, 0) is 9.59 Å². The highest BCUT2D eigenvalue weighted by atomic mass is 16.2. The lowest BCUT2D eigenvalue weighted by Crippen LogP contribution is -2.36. The molecule has 1 aliphatic rings. The number of fused-ring (bicyclic) bond motifs is 2. The molecule has 4 rings (SSSR count). The van der Waals surface area contributed by atoms with Gasteiger partial charge in [0.25, 0.3) is 0 Å². The zero-order valence-electron chi connectivity index (χ0n) is 16.6. The number of carbonyl (C=O) groups is 2. The average Bonchev–Trinajstić information content (AvgIpc) is 2.73. The van der Waals surface area contributed by atoms with E-state index in [2.05, 4.69) is 29.6 Å². The highest BCUT2D eigenvalue weighted by molar-refractivity contribution is 5.84. The molecular weight excluding hydrogens is 360 g/mol. The first-order chi connectivity index (χ1) is 14.0. The fourth-order valence-corrected chi connectivity index (χ4v) is 3.95. The largest absolute Gasteiger partial charge is 0.350 e. The van der Waals surface area contributed by atoms with Crippen LogP contribution >= 0.6 is 0 Å². The van der Waals surface area contributed by atoms with Gasteiger partial charge in [-0.2, -0.15) is 0 Å². The minimum Gasteiger partial charge on any atom is -0.350 e. The number of hydrogen-bond acceptors (Lipinski definition) is 2. The number of carbonyl (C=O) groups excluding carboxylic acids is 2. The van der Waals surface area contributed by atoms with Gasteiger partial charge in [-0.15, -0.1) is 0 Å². The molecule has 0 saturated carbocycles. The van der Waals surface area contributed by atoms with Gasteiger partial charge in [-0.25, -0.2) is 0 Å². The highest BCUT2D eigenvalue weighted by Gasteiger charge is 2.28. The van der Waals surface area contributed by atoms with Gasteiger partial charge >= 0.3 is 0 Å². The second-order valence-corrected chi connectivity index (χ2v) is 7.49. The summed E-state index contributed by atoms with van der Waals surface area (Å²) in [6, 6.07) is 21.9. The molecule has 0 spiro atoms. The summed E-state index contributed by atoms with van der Waals surface area (Å²) in [5, 5.41) is 5.43. The van der Waals surface area contributed by atoms with E-state index in [1.165, 1.54) is 12.3 Å². The van der Waals surface area contributed by atoms with Crippen molar-refractivity contribution in [2.45, 2.75) is 32.4 Å². The van der Waals surface area contributed by atoms with E-state index < -0.39 is 0 Å². The van der Waals surface area contributed by atoms with E-state index in [-0.39, 0.29) is 30.3 Å². The van der Waals surface area contributed by atoms with Gasteiger partial charge in [0.15, 0.2) is 0 Å². The van der Waals surface area contributed by atoms with Crippen LogP contribution in [0.5, 0.6) is 0 Å². The number of benzene rings is 3. The molecule has 1 aliphatic heterocycles. The first-order valence-electron chi connectivity index (χ1n) is 9.87. The zero-order chi connectivity index (χ0) is 20.4. The van der Waals surface area contributed by atoms with E-state index >= 15 is 0 Å². The van der Waals surface area contributed by atoms with Crippen molar-refractivity contribution in [3.05, 3.63) is 89.6 Å². The molecule has 0 saturated heterocycles. The lowest BCUT2D eigenvalue weighted by molar-refractivity contribution is -0.130. The molecular formula is C25H24N2O2. The molecule has 3 aromatic rings. The second kappa shape index (κ2) is 7.92. The van der Waals surface area contributed by atoms with Gasteiger partial charge in [-0.3, -0.25) is 9.59 Å². The average molecular weight is 384 g/mol. The highest BCUT2D eigenvalue weighted by Crippen LogP contribution is 2.33. The summed E-state index contributed by atoms with van der Waals surface area (Å²) in [5.41, 5.74) is 3.11. The smallest absolute Gasteiger partial charge is 0.223 e. The first kappa shape index (κ1) is 18.9. The SMILES string of the molecule is CC(=O)N1C=Cc2ccccc2C1CC(=O)NC(C)c1ccc2ccccc2c1. The van der Waals surface area contributed by atoms with Crippen LogP contribution in [0.3, 0.4) is 0 Å². The molecule has 29 heavy (non-hydrogen) atoms. The number of amides is 2. The predicted octanol–water partition coefficient (Wildman–Crippen LogP) is 4.98. The minimum absolute atomic E-state index is 0.0730. The van der Waals surface area contributed by atoms with Crippen LogP contribution in [0.4, 0.5) is 0 Å². The van der Waals surface area contributed by atoms with Gasteiger partial charge in [0.05, 0.1) is 18.5 Å². The third-order valence-corrected chi connectivity index (χ3v) is 5.50. The molecule has 4 heteroatoms. The number of nitrogens with one attached hydrogen (secondary N) is 1. The summed E-state index contributed by atoms with van der Waals surface area (Å²) < 4.78 is 0. The first-order valence-corrected chi connectivity index (χ1v) is 9.87. The van der Waals surface area contributed by atoms with Gasteiger partial charge < -0.3 is 10.2 Å². The number of hydrogen-bond donors (Lipinski definition) is 1. The van der Waals surface area contributed by atoms with Crippen molar-refractivity contribution in [1.82, 2.24) is 10.2 Å². The fraction of sp³-hybridized carbons (Fsp3) is 0.200. The van der Waals surface area contributed by atoms with Gasteiger partial charge in [0, 0.05) is 13.1 Å². The van der Waals surface area contributed by atoms with Gasteiger partial charge in [0.2, 0.25) is 11.8 Å². The van der Waals surface area contributed by atoms with E-state index in [9.17, 15) is 9.59 Å².